The molecule has 0 saturated heterocycles. The molecule has 2 aromatic heterocycles. The van der Waals surface area contributed by atoms with Crippen molar-refractivity contribution in [3.63, 3.8) is 0 Å². The van der Waals surface area contributed by atoms with E-state index in [1.54, 1.807) is 0 Å². The Kier molecular flexibility index (Phi) is 4.77. The van der Waals surface area contributed by atoms with Crippen molar-refractivity contribution in [1.29, 1.82) is 0 Å². The number of hydrogen-bond acceptors (Lipinski definition) is 3. The number of unbranched alkanes of at least 4 members (excludes halogenated alkanes) is 1. The second-order valence-electron chi connectivity index (χ2n) is 5.18. The molecule has 0 aliphatic heterocycles. The van der Waals surface area contributed by atoms with E-state index >= 15 is 0 Å². The smallest absolute Gasteiger partial charge is 0.154 e. The van der Waals surface area contributed by atoms with Gasteiger partial charge < -0.3 is 9.88 Å². The Morgan fingerprint density at radius 2 is 2.16 bits per heavy atom. The summed E-state index contributed by atoms with van der Waals surface area (Å²) in [5, 5.41) is 3.47. The molecule has 2 rings (SSSR count). The van der Waals surface area contributed by atoms with Gasteiger partial charge in [-0.1, -0.05) is 33.1 Å². The van der Waals surface area contributed by atoms with Crippen LogP contribution in [0.2, 0.25) is 0 Å². The highest BCUT2D eigenvalue weighted by molar-refractivity contribution is 5.85. The minimum atomic E-state index is 0.723. The second-order valence-corrected chi connectivity index (χ2v) is 5.18. The summed E-state index contributed by atoms with van der Waals surface area (Å²) in [4.78, 5) is 8.84. The zero-order valence-electron chi connectivity index (χ0n) is 12.2. The molecule has 1 atom stereocenters. The fraction of sp³-hybridized carbons (Fsp3) is 0.600. The number of aromatic nitrogens is 3. The number of fused-ring (bicyclic) bond motifs is 1. The monoisotopic (exact) mass is 260 g/mol. The van der Waals surface area contributed by atoms with Crippen molar-refractivity contribution < 1.29 is 0 Å². The highest BCUT2D eigenvalue weighted by Crippen LogP contribution is 2.20. The molecular weight excluding hydrogens is 236 g/mol. The van der Waals surface area contributed by atoms with Crippen molar-refractivity contribution in [3.05, 3.63) is 18.6 Å². The number of nitrogens with one attached hydrogen (secondary N) is 1. The first-order valence-corrected chi connectivity index (χ1v) is 7.26. The molecule has 2 aromatic rings. The van der Waals surface area contributed by atoms with Crippen LogP contribution >= 0.6 is 0 Å². The van der Waals surface area contributed by atoms with Crippen molar-refractivity contribution in [2.75, 3.05) is 11.9 Å². The van der Waals surface area contributed by atoms with Crippen molar-refractivity contribution in [2.45, 2.75) is 39.5 Å². The van der Waals surface area contributed by atoms with E-state index in [1.807, 2.05) is 30.2 Å². The Hall–Kier alpha value is -1.58. The Morgan fingerprint density at radius 1 is 1.32 bits per heavy atom. The number of anilines is 1. The van der Waals surface area contributed by atoms with E-state index in [-0.39, 0.29) is 0 Å². The molecule has 0 fully saturated rings. The molecule has 0 aromatic carbocycles. The van der Waals surface area contributed by atoms with Gasteiger partial charge in [0.2, 0.25) is 0 Å². The predicted octanol–water partition coefficient (Wildman–Crippen LogP) is 3.60. The quantitative estimate of drug-likeness (QED) is 0.827. The van der Waals surface area contributed by atoms with Gasteiger partial charge in [-0.3, -0.25) is 0 Å². The molecule has 19 heavy (non-hydrogen) atoms. The average Bonchev–Trinajstić information content (AvgIpc) is 2.82. The van der Waals surface area contributed by atoms with Crippen LogP contribution < -0.4 is 5.32 Å². The summed E-state index contributed by atoms with van der Waals surface area (Å²) < 4.78 is 2.02. The molecule has 0 spiro atoms. The molecule has 0 saturated carbocycles. The van der Waals surface area contributed by atoms with Gasteiger partial charge in [0, 0.05) is 19.8 Å². The van der Waals surface area contributed by atoms with E-state index in [0.29, 0.717) is 0 Å². The van der Waals surface area contributed by atoms with Gasteiger partial charge in [-0.25, -0.2) is 9.97 Å². The SMILES string of the molecule is CCCCC(CC)CNc1nccc2c1ncn2C. The summed E-state index contributed by atoms with van der Waals surface area (Å²) in [5.41, 5.74) is 2.09. The molecule has 0 aliphatic rings. The molecule has 1 unspecified atom stereocenters. The Bertz CT molecular complexity index is 518. The second kappa shape index (κ2) is 6.55. The Labute approximate surface area is 115 Å². The maximum atomic E-state index is 4.42. The number of rotatable bonds is 7. The Balaban J connectivity index is 2.04. The number of nitrogens with zero attached hydrogens (tertiary/aromatic N) is 3. The molecule has 0 radical (unpaired) electrons. The maximum Gasteiger partial charge on any atom is 0.154 e. The third-order valence-electron chi connectivity index (χ3n) is 3.74. The van der Waals surface area contributed by atoms with E-state index in [2.05, 4.69) is 29.1 Å². The van der Waals surface area contributed by atoms with E-state index in [0.717, 1.165) is 29.3 Å². The highest BCUT2D eigenvalue weighted by Gasteiger charge is 2.09. The lowest BCUT2D eigenvalue weighted by Crippen LogP contribution is -2.14. The minimum Gasteiger partial charge on any atom is -0.368 e. The molecular formula is C15H24N4. The van der Waals surface area contributed by atoms with Gasteiger partial charge >= 0.3 is 0 Å². The lowest BCUT2D eigenvalue weighted by Gasteiger charge is -2.15. The van der Waals surface area contributed by atoms with Crippen LogP contribution in [-0.2, 0) is 7.05 Å². The third kappa shape index (κ3) is 3.25. The van der Waals surface area contributed by atoms with Gasteiger partial charge in [0.25, 0.3) is 0 Å². The first-order valence-electron chi connectivity index (χ1n) is 7.26. The van der Waals surface area contributed by atoms with E-state index in [9.17, 15) is 0 Å². The molecule has 4 heteroatoms. The number of aryl methyl sites for hydroxylation is 1. The van der Waals surface area contributed by atoms with Crippen molar-refractivity contribution in [2.24, 2.45) is 13.0 Å². The zero-order valence-corrected chi connectivity index (χ0v) is 12.2. The van der Waals surface area contributed by atoms with Gasteiger partial charge in [0.15, 0.2) is 5.82 Å². The molecule has 2 heterocycles. The van der Waals surface area contributed by atoms with E-state index in [4.69, 9.17) is 0 Å². The van der Waals surface area contributed by atoms with Crippen LogP contribution in [0, 0.1) is 5.92 Å². The van der Waals surface area contributed by atoms with Gasteiger partial charge in [-0.2, -0.15) is 0 Å². The van der Waals surface area contributed by atoms with Gasteiger partial charge in [-0.15, -0.1) is 0 Å². The standard InChI is InChI=1S/C15H24N4/c1-4-6-7-12(5-2)10-17-15-14-13(8-9-16-15)19(3)11-18-14/h8-9,11-12H,4-7,10H2,1-3H3,(H,16,17). The minimum absolute atomic E-state index is 0.723. The summed E-state index contributed by atoms with van der Waals surface area (Å²) in [7, 11) is 2.01. The lowest BCUT2D eigenvalue weighted by molar-refractivity contribution is 0.472. The molecule has 0 aliphatic carbocycles. The average molecular weight is 260 g/mol. The number of pyridine rings is 1. The van der Waals surface area contributed by atoms with Crippen LogP contribution in [0.3, 0.4) is 0 Å². The fourth-order valence-electron chi connectivity index (χ4n) is 2.38. The van der Waals surface area contributed by atoms with Crippen molar-refractivity contribution in [3.8, 4) is 0 Å². The van der Waals surface area contributed by atoms with Crippen LogP contribution in [-0.4, -0.2) is 21.1 Å². The molecule has 1 N–H and O–H groups in total. The first kappa shape index (κ1) is 13.8. The van der Waals surface area contributed by atoms with E-state index < -0.39 is 0 Å². The van der Waals surface area contributed by atoms with Gasteiger partial charge in [0.1, 0.15) is 5.52 Å². The fourth-order valence-corrected chi connectivity index (χ4v) is 2.38. The predicted molar refractivity (Wildman–Crippen MR) is 80.3 cm³/mol. The van der Waals surface area contributed by atoms with Crippen LogP contribution in [0.5, 0.6) is 0 Å². The van der Waals surface area contributed by atoms with Gasteiger partial charge in [-0.05, 0) is 18.4 Å². The summed E-state index contributed by atoms with van der Waals surface area (Å²) >= 11 is 0. The van der Waals surface area contributed by atoms with Crippen molar-refractivity contribution >= 4 is 16.9 Å². The van der Waals surface area contributed by atoms with Crippen LogP contribution in [0.4, 0.5) is 5.82 Å². The number of imidazole rings is 1. The van der Waals surface area contributed by atoms with E-state index in [1.165, 1.54) is 25.7 Å². The van der Waals surface area contributed by atoms with Crippen molar-refractivity contribution in [1.82, 2.24) is 14.5 Å². The zero-order chi connectivity index (χ0) is 13.7. The lowest BCUT2D eigenvalue weighted by atomic mass is 9.99. The summed E-state index contributed by atoms with van der Waals surface area (Å²) in [6.45, 7) is 5.49. The Morgan fingerprint density at radius 3 is 2.89 bits per heavy atom. The highest BCUT2D eigenvalue weighted by atomic mass is 15.1. The van der Waals surface area contributed by atoms with Gasteiger partial charge in [0.05, 0.1) is 11.8 Å². The summed E-state index contributed by atoms with van der Waals surface area (Å²) in [6.07, 6.45) is 8.76. The molecule has 104 valence electrons. The maximum absolute atomic E-state index is 4.42. The van der Waals surface area contributed by atoms with Crippen LogP contribution in [0.25, 0.3) is 11.0 Å². The number of hydrogen-bond donors (Lipinski definition) is 1. The molecule has 4 nitrogen and oxygen atoms in total. The van der Waals surface area contributed by atoms with Crippen LogP contribution in [0.1, 0.15) is 39.5 Å². The first-order chi connectivity index (χ1) is 9.26. The summed E-state index contributed by atoms with van der Waals surface area (Å²) in [6, 6.07) is 2.00. The van der Waals surface area contributed by atoms with Crippen LogP contribution in [0.15, 0.2) is 18.6 Å². The molecule has 0 amide bonds. The topological polar surface area (TPSA) is 42.7 Å². The third-order valence-corrected chi connectivity index (χ3v) is 3.74. The summed E-state index contributed by atoms with van der Waals surface area (Å²) in [5.74, 6) is 1.63. The molecule has 0 bridgehead atoms. The largest absolute Gasteiger partial charge is 0.368 e. The normalized spacial score (nSPS) is 12.8.